The van der Waals surface area contributed by atoms with E-state index in [2.05, 4.69) is 5.32 Å². The summed E-state index contributed by atoms with van der Waals surface area (Å²) in [5.74, 6) is 0.249. The fourth-order valence-electron chi connectivity index (χ4n) is 1.97. The van der Waals surface area contributed by atoms with E-state index in [0.717, 1.165) is 45.5 Å². The molecule has 1 amide bonds. The van der Waals surface area contributed by atoms with Crippen LogP contribution in [0.3, 0.4) is 0 Å². The minimum Gasteiger partial charge on any atom is -0.385 e. The Morgan fingerprint density at radius 3 is 2.56 bits per heavy atom. The number of carbonyl (C=O) groups excluding carboxylic acids is 1. The Bertz CT molecular complexity index is 189. The predicted molar refractivity (Wildman–Crippen MR) is 64.4 cm³/mol. The van der Waals surface area contributed by atoms with Crippen LogP contribution in [0.25, 0.3) is 0 Å². The normalized spacial score (nSPS) is 17.2. The zero-order valence-electron chi connectivity index (χ0n) is 10.3. The van der Waals surface area contributed by atoms with E-state index in [4.69, 9.17) is 4.74 Å². The van der Waals surface area contributed by atoms with Gasteiger partial charge in [0.2, 0.25) is 5.91 Å². The molecule has 4 heteroatoms. The number of amides is 1. The summed E-state index contributed by atoms with van der Waals surface area (Å²) in [5, 5.41) is 3.17. The molecule has 1 aliphatic heterocycles. The lowest BCUT2D eigenvalue weighted by Crippen LogP contribution is -2.39. The van der Waals surface area contributed by atoms with Crippen molar-refractivity contribution >= 4 is 5.91 Å². The Morgan fingerprint density at radius 2 is 1.94 bits per heavy atom. The highest BCUT2D eigenvalue weighted by Gasteiger charge is 2.14. The van der Waals surface area contributed by atoms with Gasteiger partial charge in [0.1, 0.15) is 0 Å². The summed E-state index contributed by atoms with van der Waals surface area (Å²) in [6.45, 7) is 3.97. The number of methoxy groups -OCH3 is 1. The van der Waals surface area contributed by atoms with Gasteiger partial charge in [-0.3, -0.25) is 4.79 Å². The lowest BCUT2D eigenvalue weighted by Gasteiger charge is -2.20. The first-order valence-corrected chi connectivity index (χ1v) is 6.32. The van der Waals surface area contributed by atoms with Crippen molar-refractivity contribution in [2.45, 2.75) is 32.1 Å². The number of carbonyl (C=O) groups is 1. The molecule has 0 aromatic carbocycles. The van der Waals surface area contributed by atoms with Gasteiger partial charge in [0, 0.05) is 26.8 Å². The first kappa shape index (κ1) is 13.5. The highest BCUT2D eigenvalue weighted by molar-refractivity contribution is 5.78. The fourth-order valence-corrected chi connectivity index (χ4v) is 1.97. The third kappa shape index (κ3) is 5.47. The van der Waals surface area contributed by atoms with Crippen LogP contribution < -0.4 is 5.32 Å². The summed E-state index contributed by atoms with van der Waals surface area (Å²) in [6.07, 6.45) is 5.82. The maximum atomic E-state index is 11.8. The molecule has 1 saturated heterocycles. The summed E-state index contributed by atoms with van der Waals surface area (Å²) < 4.78 is 4.95. The SMILES string of the molecule is COCCCNCC(=O)N1CCCCCC1. The zero-order valence-corrected chi connectivity index (χ0v) is 10.3. The molecule has 0 unspecified atom stereocenters. The molecule has 94 valence electrons. The average molecular weight is 228 g/mol. The molecule has 0 aromatic rings. The second-order valence-electron chi connectivity index (χ2n) is 4.32. The van der Waals surface area contributed by atoms with E-state index in [1.807, 2.05) is 4.90 Å². The Balaban J connectivity index is 2.08. The molecular formula is C12H24N2O2. The van der Waals surface area contributed by atoms with E-state index in [-0.39, 0.29) is 5.91 Å². The van der Waals surface area contributed by atoms with Crippen molar-refractivity contribution in [2.75, 3.05) is 39.9 Å². The zero-order chi connectivity index (χ0) is 11.6. The van der Waals surface area contributed by atoms with Gasteiger partial charge < -0.3 is 15.0 Å². The number of rotatable bonds is 6. The second kappa shape index (κ2) is 8.53. The van der Waals surface area contributed by atoms with E-state index >= 15 is 0 Å². The molecule has 4 nitrogen and oxygen atoms in total. The Labute approximate surface area is 98.3 Å². The molecule has 0 aromatic heterocycles. The van der Waals surface area contributed by atoms with Crippen LogP contribution >= 0.6 is 0 Å². The third-order valence-electron chi connectivity index (χ3n) is 2.94. The van der Waals surface area contributed by atoms with Gasteiger partial charge in [-0.1, -0.05) is 12.8 Å². The second-order valence-corrected chi connectivity index (χ2v) is 4.32. The molecule has 0 spiro atoms. The molecule has 0 bridgehead atoms. The maximum Gasteiger partial charge on any atom is 0.236 e. The standard InChI is InChI=1S/C12H24N2O2/c1-16-10-6-7-13-11-12(15)14-8-4-2-3-5-9-14/h13H,2-11H2,1H3. The molecule has 16 heavy (non-hydrogen) atoms. The van der Waals surface area contributed by atoms with Crippen LogP contribution in [0.5, 0.6) is 0 Å². The highest BCUT2D eigenvalue weighted by atomic mass is 16.5. The third-order valence-corrected chi connectivity index (χ3v) is 2.94. The van der Waals surface area contributed by atoms with Crippen LogP contribution in [0.15, 0.2) is 0 Å². The fraction of sp³-hybridized carbons (Fsp3) is 0.917. The van der Waals surface area contributed by atoms with Gasteiger partial charge in [-0.25, -0.2) is 0 Å². The van der Waals surface area contributed by atoms with Gasteiger partial charge in [0.05, 0.1) is 6.54 Å². The van der Waals surface area contributed by atoms with Crippen LogP contribution in [-0.4, -0.2) is 50.7 Å². The molecule has 1 rings (SSSR count). The van der Waals surface area contributed by atoms with Crippen molar-refractivity contribution in [1.29, 1.82) is 0 Å². The first-order valence-electron chi connectivity index (χ1n) is 6.32. The van der Waals surface area contributed by atoms with E-state index in [9.17, 15) is 4.79 Å². The van der Waals surface area contributed by atoms with Crippen molar-refractivity contribution in [1.82, 2.24) is 10.2 Å². The van der Waals surface area contributed by atoms with Gasteiger partial charge in [-0.2, -0.15) is 0 Å². The van der Waals surface area contributed by atoms with E-state index in [0.29, 0.717) is 6.54 Å². The molecular weight excluding hydrogens is 204 g/mol. The maximum absolute atomic E-state index is 11.8. The minimum absolute atomic E-state index is 0.249. The lowest BCUT2D eigenvalue weighted by atomic mass is 10.2. The van der Waals surface area contributed by atoms with Gasteiger partial charge >= 0.3 is 0 Å². The number of nitrogens with zero attached hydrogens (tertiary/aromatic N) is 1. The quantitative estimate of drug-likeness (QED) is 0.690. The van der Waals surface area contributed by atoms with Crippen molar-refractivity contribution in [3.63, 3.8) is 0 Å². The van der Waals surface area contributed by atoms with Crippen LogP contribution in [0.1, 0.15) is 32.1 Å². The van der Waals surface area contributed by atoms with Gasteiger partial charge in [-0.05, 0) is 25.8 Å². The molecule has 1 fully saturated rings. The molecule has 1 heterocycles. The molecule has 1 N–H and O–H groups in total. The Hall–Kier alpha value is -0.610. The summed E-state index contributed by atoms with van der Waals surface area (Å²) in [5.41, 5.74) is 0. The number of likely N-dealkylation sites (tertiary alicyclic amines) is 1. The van der Waals surface area contributed by atoms with Crippen LogP contribution in [0.4, 0.5) is 0 Å². The lowest BCUT2D eigenvalue weighted by molar-refractivity contribution is -0.130. The van der Waals surface area contributed by atoms with E-state index < -0.39 is 0 Å². The van der Waals surface area contributed by atoms with Crippen LogP contribution in [-0.2, 0) is 9.53 Å². The number of ether oxygens (including phenoxy) is 1. The van der Waals surface area contributed by atoms with Gasteiger partial charge in [0.15, 0.2) is 0 Å². The molecule has 0 saturated carbocycles. The van der Waals surface area contributed by atoms with Gasteiger partial charge in [-0.15, -0.1) is 0 Å². The van der Waals surface area contributed by atoms with E-state index in [1.54, 1.807) is 7.11 Å². The van der Waals surface area contributed by atoms with Crippen molar-refractivity contribution in [3.8, 4) is 0 Å². The monoisotopic (exact) mass is 228 g/mol. The summed E-state index contributed by atoms with van der Waals surface area (Å²) in [4.78, 5) is 13.8. The molecule has 0 radical (unpaired) electrons. The highest BCUT2D eigenvalue weighted by Crippen LogP contribution is 2.09. The largest absolute Gasteiger partial charge is 0.385 e. The van der Waals surface area contributed by atoms with Crippen LogP contribution in [0, 0.1) is 0 Å². The number of nitrogens with one attached hydrogen (secondary N) is 1. The van der Waals surface area contributed by atoms with Gasteiger partial charge in [0.25, 0.3) is 0 Å². The van der Waals surface area contributed by atoms with E-state index in [1.165, 1.54) is 12.8 Å². The molecule has 0 aliphatic carbocycles. The Kier molecular flexibility index (Phi) is 7.17. The first-order chi connectivity index (χ1) is 7.84. The predicted octanol–water partition coefficient (Wildman–Crippen LogP) is 1.02. The van der Waals surface area contributed by atoms with Crippen LogP contribution in [0.2, 0.25) is 0 Å². The number of hydrogen-bond acceptors (Lipinski definition) is 3. The summed E-state index contributed by atoms with van der Waals surface area (Å²) in [6, 6.07) is 0. The topological polar surface area (TPSA) is 41.6 Å². The molecule has 0 atom stereocenters. The summed E-state index contributed by atoms with van der Waals surface area (Å²) >= 11 is 0. The average Bonchev–Trinajstić information content (AvgIpc) is 2.57. The summed E-state index contributed by atoms with van der Waals surface area (Å²) in [7, 11) is 1.70. The van der Waals surface area contributed by atoms with Crippen molar-refractivity contribution in [3.05, 3.63) is 0 Å². The minimum atomic E-state index is 0.249. The van der Waals surface area contributed by atoms with Crippen molar-refractivity contribution < 1.29 is 9.53 Å². The molecule has 1 aliphatic rings. The van der Waals surface area contributed by atoms with Crippen molar-refractivity contribution in [2.24, 2.45) is 0 Å². The number of hydrogen-bond donors (Lipinski definition) is 1. The smallest absolute Gasteiger partial charge is 0.236 e. The Morgan fingerprint density at radius 1 is 1.25 bits per heavy atom.